The third-order valence-electron chi connectivity index (χ3n) is 6.48. The highest BCUT2D eigenvalue weighted by Crippen LogP contribution is 2.23. The van der Waals surface area contributed by atoms with E-state index < -0.39 is 6.10 Å². The second-order valence-electron chi connectivity index (χ2n) is 9.54. The van der Waals surface area contributed by atoms with Gasteiger partial charge in [0, 0.05) is 25.6 Å². The topological polar surface area (TPSA) is 49.8 Å². The summed E-state index contributed by atoms with van der Waals surface area (Å²) in [6.45, 7) is 3.40. The maximum Gasteiger partial charge on any atom is 0.132 e. The quantitative estimate of drug-likeness (QED) is 0.240. The van der Waals surface area contributed by atoms with Crippen LogP contribution < -0.4 is 4.74 Å². The van der Waals surface area contributed by atoms with Gasteiger partial charge in [0.15, 0.2) is 0 Å². The lowest BCUT2D eigenvalue weighted by Crippen LogP contribution is -2.45. The fraction of sp³-hybridized carbons (Fsp3) is 0.242. The largest absolute Gasteiger partial charge is 0.489 e. The Labute approximate surface area is 220 Å². The summed E-state index contributed by atoms with van der Waals surface area (Å²) >= 11 is 0. The lowest BCUT2D eigenvalue weighted by atomic mass is 9.95. The monoisotopic (exact) mass is 493 g/mol. The molecule has 0 aliphatic carbocycles. The third-order valence-corrected chi connectivity index (χ3v) is 6.48. The van der Waals surface area contributed by atoms with Gasteiger partial charge in [0.1, 0.15) is 18.1 Å². The first kappa shape index (κ1) is 26.3. The van der Waals surface area contributed by atoms with E-state index in [-0.39, 0.29) is 18.2 Å². The van der Waals surface area contributed by atoms with Crippen LogP contribution in [0.1, 0.15) is 35.6 Å². The van der Waals surface area contributed by atoms with E-state index in [2.05, 4.69) is 41.3 Å². The van der Waals surface area contributed by atoms with E-state index in [0.717, 1.165) is 16.9 Å². The molecule has 0 saturated carbocycles. The molecule has 0 fully saturated rings. The number of aliphatic hydroxyl groups is 1. The summed E-state index contributed by atoms with van der Waals surface area (Å²) in [4.78, 5) is 14.3. The number of carbonyl (C=O) groups excluding carboxylic acids is 1. The number of benzene rings is 4. The summed E-state index contributed by atoms with van der Waals surface area (Å²) in [5, 5.41) is 11.2. The third kappa shape index (κ3) is 8.42. The van der Waals surface area contributed by atoms with E-state index in [1.54, 1.807) is 0 Å². The number of aliphatic hydroxyl groups excluding tert-OH is 1. The predicted molar refractivity (Wildman–Crippen MR) is 148 cm³/mol. The molecule has 4 aromatic carbocycles. The summed E-state index contributed by atoms with van der Waals surface area (Å²) in [5.41, 5.74) is 4.55. The van der Waals surface area contributed by atoms with Crippen molar-refractivity contribution in [3.8, 4) is 5.75 Å². The number of rotatable bonds is 13. The highest BCUT2D eigenvalue weighted by atomic mass is 16.5. The second-order valence-corrected chi connectivity index (χ2v) is 9.54. The molecule has 0 aromatic heterocycles. The predicted octanol–water partition coefficient (Wildman–Crippen LogP) is 6.22. The Kier molecular flexibility index (Phi) is 9.64. The lowest BCUT2D eigenvalue weighted by Gasteiger charge is -2.35. The van der Waals surface area contributed by atoms with Gasteiger partial charge >= 0.3 is 0 Å². The van der Waals surface area contributed by atoms with Gasteiger partial charge in [0.05, 0.1) is 6.10 Å². The van der Waals surface area contributed by atoms with Crippen molar-refractivity contribution in [1.82, 2.24) is 4.90 Å². The van der Waals surface area contributed by atoms with Crippen LogP contribution in [0, 0.1) is 0 Å². The van der Waals surface area contributed by atoms with Gasteiger partial charge in [-0.1, -0.05) is 103 Å². The van der Waals surface area contributed by atoms with Crippen molar-refractivity contribution in [2.75, 3.05) is 0 Å². The maximum atomic E-state index is 12.0. The van der Waals surface area contributed by atoms with Crippen molar-refractivity contribution in [3.63, 3.8) is 0 Å². The van der Waals surface area contributed by atoms with Gasteiger partial charge < -0.3 is 9.84 Å². The molecule has 0 bridgehead atoms. The van der Waals surface area contributed by atoms with Gasteiger partial charge in [-0.15, -0.1) is 0 Å². The highest BCUT2D eigenvalue weighted by molar-refractivity contribution is 5.76. The minimum atomic E-state index is -0.779. The van der Waals surface area contributed by atoms with Gasteiger partial charge in [-0.25, -0.2) is 0 Å². The molecule has 4 rings (SSSR count). The number of Topliss-reactive ketones (excluding diaryl/α,β-unsaturated/α-hetero) is 1. The number of ketones is 1. The molecule has 37 heavy (non-hydrogen) atoms. The number of carbonyl (C=O) groups is 1. The van der Waals surface area contributed by atoms with E-state index in [4.69, 9.17) is 4.74 Å². The summed E-state index contributed by atoms with van der Waals surface area (Å²) in [6.07, 6.45) is -0.0326. The van der Waals surface area contributed by atoms with Gasteiger partial charge in [-0.05, 0) is 47.7 Å². The molecule has 0 amide bonds. The standard InChI is InChI=1S/C33H35NO3/c1-26(35)21-33(36)32(22-27-17-19-31(20-18-27)37-25-30-15-9-4-10-16-30)34(23-28-11-5-2-6-12-28)24-29-13-7-3-8-14-29/h2-20,32-33,36H,21-25H2,1H3/t32-,33+/m0/s1. The summed E-state index contributed by atoms with van der Waals surface area (Å²) in [6, 6.07) is 38.5. The molecule has 190 valence electrons. The van der Waals surface area contributed by atoms with Crippen molar-refractivity contribution >= 4 is 5.78 Å². The Balaban J connectivity index is 1.54. The molecule has 2 atom stereocenters. The average molecular weight is 494 g/mol. The Bertz CT molecular complexity index is 1170. The van der Waals surface area contributed by atoms with Crippen LogP contribution in [0.25, 0.3) is 0 Å². The fourth-order valence-electron chi connectivity index (χ4n) is 4.57. The molecule has 0 heterocycles. The second kappa shape index (κ2) is 13.5. The first-order valence-corrected chi connectivity index (χ1v) is 12.8. The molecular formula is C33H35NO3. The van der Waals surface area contributed by atoms with Gasteiger partial charge in [0.2, 0.25) is 0 Å². The van der Waals surface area contributed by atoms with Crippen molar-refractivity contribution < 1.29 is 14.6 Å². The number of hydrogen-bond acceptors (Lipinski definition) is 4. The summed E-state index contributed by atoms with van der Waals surface area (Å²) in [5.74, 6) is 0.792. The maximum absolute atomic E-state index is 12.0. The zero-order valence-electron chi connectivity index (χ0n) is 21.4. The summed E-state index contributed by atoms with van der Waals surface area (Å²) in [7, 11) is 0. The first-order chi connectivity index (χ1) is 18.1. The van der Waals surface area contributed by atoms with Crippen LogP contribution in [0.3, 0.4) is 0 Å². The van der Waals surface area contributed by atoms with Crippen molar-refractivity contribution in [2.45, 2.75) is 51.6 Å². The molecular weight excluding hydrogens is 458 g/mol. The van der Waals surface area contributed by atoms with Crippen LogP contribution in [0.2, 0.25) is 0 Å². The summed E-state index contributed by atoms with van der Waals surface area (Å²) < 4.78 is 5.95. The SMILES string of the molecule is CC(=O)C[C@@H](O)[C@H](Cc1ccc(OCc2ccccc2)cc1)N(Cc1ccccc1)Cc1ccccc1. The van der Waals surface area contributed by atoms with Crippen molar-refractivity contribution in [1.29, 1.82) is 0 Å². The molecule has 0 spiro atoms. The highest BCUT2D eigenvalue weighted by Gasteiger charge is 2.28. The zero-order valence-corrected chi connectivity index (χ0v) is 21.4. The Morgan fingerprint density at radius 3 is 1.68 bits per heavy atom. The Hall–Kier alpha value is -3.73. The van der Waals surface area contributed by atoms with Crippen molar-refractivity contribution in [3.05, 3.63) is 138 Å². The van der Waals surface area contributed by atoms with Crippen LogP contribution in [-0.2, 0) is 30.9 Å². The van der Waals surface area contributed by atoms with E-state index in [0.29, 0.717) is 26.1 Å². The van der Waals surface area contributed by atoms with E-state index >= 15 is 0 Å². The molecule has 1 N–H and O–H groups in total. The molecule has 0 saturated heterocycles. The van der Waals surface area contributed by atoms with E-state index in [9.17, 15) is 9.90 Å². The molecule has 0 aliphatic heterocycles. The average Bonchev–Trinajstić information content (AvgIpc) is 2.92. The Morgan fingerprint density at radius 2 is 1.19 bits per heavy atom. The van der Waals surface area contributed by atoms with Gasteiger partial charge in [-0.3, -0.25) is 9.69 Å². The molecule has 4 heteroatoms. The lowest BCUT2D eigenvalue weighted by molar-refractivity contribution is -0.120. The van der Waals surface area contributed by atoms with Crippen molar-refractivity contribution in [2.24, 2.45) is 0 Å². The van der Waals surface area contributed by atoms with Crippen LogP contribution >= 0.6 is 0 Å². The van der Waals surface area contributed by atoms with E-state index in [1.165, 1.54) is 18.1 Å². The number of ether oxygens (including phenoxy) is 1. The molecule has 0 radical (unpaired) electrons. The molecule has 4 nitrogen and oxygen atoms in total. The Morgan fingerprint density at radius 1 is 0.703 bits per heavy atom. The molecule has 0 aliphatic rings. The zero-order chi connectivity index (χ0) is 25.9. The smallest absolute Gasteiger partial charge is 0.132 e. The van der Waals surface area contributed by atoms with Crippen LogP contribution in [0.4, 0.5) is 0 Å². The normalized spacial score (nSPS) is 12.7. The van der Waals surface area contributed by atoms with E-state index in [1.807, 2.05) is 78.9 Å². The van der Waals surface area contributed by atoms with Crippen LogP contribution in [0.5, 0.6) is 5.75 Å². The van der Waals surface area contributed by atoms with Gasteiger partial charge in [-0.2, -0.15) is 0 Å². The number of nitrogens with zero attached hydrogens (tertiary/aromatic N) is 1. The molecule has 4 aromatic rings. The number of hydrogen-bond donors (Lipinski definition) is 1. The van der Waals surface area contributed by atoms with Crippen LogP contribution in [-0.4, -0.2) is 27.9 Å². The molecule has 0 unspecified atom stereocenters. The minimum absolute atomic E-state index is 0.0125. The van der Waals surface area contributed by atoms with Gasteiger partial charge in [0.25, 0.3) is 0 Å². The first-order valence-electron chi connectivity index (χ1n) is 12.8. The fourth-order valence-corrected chi connectivity index (χ4v) is 4.57. The van der Waals surface area contributed by atoms with Crippen LogP contribution in [0.15, 0.2) is 115 Å². The minimum Gasteiger partial charge on any atom is -0.489 e.